The Kier molecular flexibility index (Phi) is 6.22. The summed E-state index contributed by atoms with van der Waals surface area (Å²) < 4.78 is 19.1. The number of carbonyl (C=O) groups is 1. The van der Waals surface area contributed by atoms with Gasteiger partial charge >= 0.3 is 0 Å². The molecule has 0 aromatic heterocycles. The van der Waals surface area contributed by atoms with E-state index in [9.17, 15) is 9.18 Å². The van der Waals surface area contributed by atoms with Crippen molar-refractivity contribution in [2.75, 3.05) is 13.2 Å². The van der Waals surface area contributed by atoms with Gasteiger partial charge in [0.2, 0.25) is 5.91 Å². The molecule has 2 rings (SSSR count). The molecule has 0 spiro atoms. The van der Waals surface area contributed by atoms with E-state index in [-0.39, 0.29) is 22.9 Å². The van der Waals surface area contributed by atoms with Crippen molar-refractivity contribution in [1.82, 2.24) is 5.32 Å². The van der Waals surface area contributed by atoms with Gasteiger partial charge in [0.15, 0.2) is 0 Å². The maximum Gasteiger partial charge on any atom is 0.224 e. The standard InChI is InChI=1S/C17H17ClFNO2/c18-15-8-4-9-16(19)14(15)12-17(21)20-10-5-11-22-13-6-2-1-3-7-13/h1-4,6-9H,5,10-12H2,(H,20,21). The average molecular weight is 322 g/mol. The molecule has 116 valence electrons. The first-order valence-electron chi connectivity index (χ1n) is 7.04. The minimum atomic E-state index is -0.463. The predicted molar refractivity (Wildman–Crippen MR) is 84.7 cm³/mol. The smallest absolute Gasteiger partial charge is 0.224 e. The number of halogens is 2. The summed E-state index contributed by atoms with van der Waals surface area (Å²) in [6.07, 6.45) is 0.608. The molecule has 0 aliphatic rings. The van der Waals surface area contributed by atoms with Gasteiger partial charge in [-0.15, -0.1) is 0 Å². The molecule has 0 atom stereocenters. The van der Waals surface area contributed by atoms with E-state index in [0.29, 0.717) is 19.6 Å². The third-order valence-corrected chi connectivity index (χ3v) is 3.41. The molecular formula is C17H17ClFNO2. The van der Waals surface area contributed by atoms with Gasteiger partial charge in [-0.05, 0) is 30.7 Å². The van der Waals surface area contributed by atoms with E-state index in [4.69, 9.17) is 16.3 Å². The van der Waals surface area contributed by atoms with Crippen LogP contribution in [0.15, 0.2) is 48.5 Å². The van der Waals surface area contributed by atoms with Crippen LogP contribution in [-0.2, 0) is 11.2 Å². The van der Waals surface area contributed by atoms with Crippen molar-refractivity contribution in [2.24, 2.45) is 0 Å². The van der Waals surface area contributed by atoms with Crippen LogP contribution < -0.4 is 10.1 Å². The topological polar surface area (TPSA) is 38.3 Å². The van der Waals surface area contributed by atoms with Gasteiger partial charge < -0.3 is 10.1 Å². The summed E-state index contributed by atoms with van der Waals surface area (Å²) in [5.74, 6) is 0.0775. The van der Waals surface area contributed by atoms with Crippen molar-refractivity contribution in [3.8, 4) is 5.75 Å². The summed E-state index contributed by atoms with van der Waals surface area (Å²) in [5.41, 5.74) is 0.224. The molecule has 0 unspecified atom stereocenters. The second-order valence-corrected chi connectivity index (χ2v) is 5.15. The predicted octanol–water partition coefficient (Wildman–Crippen LogP) is 3.61. The number of carbonyl (C=O) groups excluding carboxylic acids is 1. The highest BCUT2D eigenvalue weighted by atomic mass is 35.5. The molecule has 0 heterocycles. The minimum Gasteiger partial charge on any atom is -0.494 e. The molecule has 3 nitrogen and oxygen atoms in total. The third kappa shape index (κ3) is 5.04. The number of rotatable bonds is 7. The lowest BCUT2D eigenvalue weighted by Crippen LogP contribution is -2.27. The van der Waals surface area contributed by atoms with Crippen molar-refractivity contribution >= 4 is 17.5 Å². The third-order valence-electron chi connectivity index (χ3n) is 3.05. The van der Waals surface area contributed by atoms with Gasteiger partial charge in [0.25, 0.3) is 0 Å². The summed E-state index contributed by atoms with van der Waals surface area (Å²) in [6, 6.07) is 13.8. The second kappa shape index (κ2) is 8.39. The molecule has 0 fully saturated rings. The molecular weight excluding hydrogens is 305 g/mol. The molecule has 22 heavy (non-hydrogen) atoms. The Labute approximate surface area is 134 Å². The number of para-hydroxylation sites is 1. The van der Waals surface area contributed by atoms with Gasteiger partial charge in [-0.2, -0.15) is 0 Å². The number of hydrogen-bond donors (Lipinski definition) is 1. The number of amides is 1. The van der Waals surface area contributed by atoms with Crippen LogP contribution in [0.2, 0.25) is 5.02 Å². The van der Waals surface area contributed by atoms with Crippen LogP contribution in [-0.4, -0.2) is 19.1 Å². The Bertz CT molecular complexity index is 599. The molecule has 5 heteroatoms. The molecule has 0 saturated heterocycles. The largest absolute Gasteiger partial charge is 0.494 e. The zero-order valence-electron chi connectivity index (χ0n) is 12.0. The molecule has 0 saturated carbocycles. The first-order chi connectivity index (χ1) is 10.7. The first-order valence-corrected chi connectivity index (χ1v) is 7.42. The van der Waals surface area contributed by atoms with Gasteiger partial charge in [-0.25, -0.2) is 4.39 Å². The Balaban J connectivity index is 1.68. The lowest BCUT2D eigenvalue weighted by molar-refractivity contribution is -0.120. The molecule has 0 aliphatic heterocycles. The van der Waals surface area contributed by atoms with E-state index in [2.05, 4.69) is 5.32 Å². The van der Waals surface area contributed by atoms with Crippen LogP contribution in [0.4, 0.5) is 4.39 Å². The van der Waals surface area contributed by atoms with Crippen LogP contribution in [0.1, 0.15) is 12.0 Å². The van der Waals surface area contributed by atoms with E-state index >= 15 is 0 Å². The molecule has 2 aromatic rings. The van der Waals surface area contributed by atoms with E-state index in [1.54, 1.807) is 6.07 Å². The van der Waals surface area contributed by atoms with Gasteiger partial charge in [0.1, 0.15) is 11.6 Å². The zero-order valence-corrected chi connectivity index (χ0v) is 12.8. The highest BCUT2D eigenvalue weighted by Gasteiger charge is 2.11. The fraction of sp³-hybridized carbons (Fsp3) is 0.235. The minimum absolute atomic E-state index is 0.0644. The highest BCUT2D eigenvalue weighted by molar-refractivity contribution is 6.31. The number of hydrogen-bond acceptors (Lipinski definition) is 2. The molecule has 0 aliphatic carbocycles. The van der Waals surface area contributed by atoms with Crippen LogP contribution in [0, 0.1) is 5.82 Å². The number of ether oxygens (including phenoxy) is 1. The zero-order chi connectivity index (χ0) is 15.8. The van der Waals surface area contributed by atoms with Crippen molar-refractivity contribution in [3.05, 3.63) is 64.9 Å². The Morgan fingerprint density at radius 2 is 1.91 bits per heavy atom. The summed E-state index contributed by atoms with van der Waals surface area (Å²) in [4.78, 5) is 11.8. The SMILES string of the molecule is O=C(Cc1c(F)cccc1Cl)NCCCOc1ccccc1. The van der Waals surface area contributed by atoms with Gasteiger partial charge in [0.05, 0.1) is 13.0 Å². The summed E-state index contributed by atoms with van der Waals surface area (Å²) in [5, 5.41) is 2.99. The Hall–Kier alpha value is -2.07. The average Bonchev–Trinajstić information content (AvgIpc) is 2.52. The van der Waals surface area contributed by atoms with Gasteiger partial charge in [0, 0.05) is 17.1 Å². The van der Waals surface area contributed by atoms with Crippen molar-refractivity contribution in [3.63, 3.8) is 0 Å². The van der Waals surface area contributed by atoms with Gasteiger partial charge in [-0.3, -0.25) is 4.79 Å². The molecule has 0 bridgehead atoms. The Morgan fingerprint density at radius 1 is 1.14 bits per heavy atom. The monoisotopic (exact) mass is 321 g/mol. The van der Waals surface area contributed by atoms with E-state index < -0.39 is 5.82 Å². The maximum absolute atomic E-state index is 13.6. The van der Waals surface area contributed by atoms with Crippen molar-refractivity contribution in [2.45, 2.75) is 12.8 Å². The van der Waals surface area contributed by atoms with Crippen LogP contribution in [0.5, 0.6) is 5.75 Å². The molecule has 0 radical (unpaired) electrons. The quantitative estimate of drug-likeness (QED) is 0.791. The molecule has 1 N–H and O–H groups in total. The van der Waals surface area contributed by atoms with E-state index in [1.165, 1.54) is 12.1 Å². The van der Waals surface area contributed by atoms with E-state index in [0.717, 1.165) is 5.75 Å². The summed E-state index contributed by atoms with van der Waals surface area (Å²) >= 11 is 5.89. The highest BCUT2D eigenvalue weighted by Crippen LogP contribution is 2.19. The van der Waals surface area contributed by atoms with E-state index in [1.807, 2.05) is 30.3 Å². The normalized spacial score (nSPS) is 10.3. The lowest BCUT2D eigenvalue weighted by atomic mass is 10.1. The summed E-state index contributed by atoms with van der Waals surface area (Å²) in [6.45, 7) is 0.975. The lowest BCUT2D eigenvalue weighted by Gasteiger charge is -2.08. The second-order valence-electron chi connectivity index (χ2n) is 4.74. The fourth-order valence-electron chi connectivity index (χ4n) is 1.93. The van der Waals surface area contributed by atoms with Crippen LogP contribution >= 0.6 is 11.6 Å². The van der Waals surface area contributed by atoms with Gasteiger partial charge in [-0.1, -0.05) is 35.9 Å². The van der Waals surface area contributed by atoms with Crippen molar-refractivity contribution in [1.29, 1.82) is 0 Å². The summed E-state index contributed by atoms with van der Waals surface area (Å²) in [7, 11) is 0. The molecule has 1 amide bonds. The van der Waals surface area contributed by atoms with Crippen LogP contribution in [0.25, 0.3) is 0 Å². The number of nitrogens with one attached hydrogen (secondary N) is 1. The Morgan fingerprint density at radius 3 is 2.64 bits per heavy atom. The molecule has 2 aromatic carbocycles. The first kappa shape index (κ1) is 16.3. The number of benzene rings is 2. The van der Waals surface area contributed by atoms with Crippen LogP contribution in [0.3, 0.4) is 0 Å². The maximum atomic E-state index is 13.6. The van der Waals surface area contributed by atoms with Crippen molar-refractivity contribution < 1.29 is 13.9 Å². The fourth-order valence-corrected chi connectivity index (χ4v) is 2.16.